The molecule has 1 aromatic carbocycles. The third-order valence-electron chi connectivity index (χ3n) is 4.49. The number of fused-ring (bicyclic) bond motifs is 1. The average Bonchev–Trinajstić information content (AvgIpc) is 3.18. The van der Waals surface area contributed by atoms with Crippen LogP contribution in [0.1, 0.15) is 29.9 Å². The highest BCUT2D eigenvalue weighted by molar-refractivity contribution is 5.92. The molecule has 0 aliphatic carbocycles. The van der Waals surface area contributed by atoms with Crippen molar-refractivity contribution in [3.63, 3.8) is 0 Å². The van der Waals surface area contributed by atoms with Crippen molar-refractivity contribution in [1.29, 1.82) is 0 Å². The predicted molar refractivity (Wildman–Crippen MR) is 99.6 cm³/mol. The zero-order valence-electron chi connectivity index (χ0n) is 15.0. The van der Waals surface area contributed by atoms with Crippen LogP contribution < -0.4 is 5.73 Å². The minimum absolute atomic E-state index is 0.608. The second-order valence-corrected chi connectivity index (χ2v) is 6.32. The lowest BCUT2D eigenvalue weighted by atomic mass is 10.0. The third kappa shape index (κ3) is 2.71. The maximum absolute atomic E-state index is 6.26. The molecule has 4 rings (SSSR count). The molecule has 0 unspecified atom stereocenters. The van der Waals surface area contributed by atoms with Gasteiger partial charge in [-0.1, -0.05) is 12.1 Å². The zero-order chi connectivity index (χ0) is 18.3. The van der Waals surface area contributed by atoms with Gasteiger partial charge in [0.2, 0.25) is 0 Å². The van der Waals surface area contributed by atoms with E-state index in [4.69, 9.17) is 10.3 Å². The first-order chi connectivity index (χ1) is 12.6. The molecule has 0 aliphatic rings. The number of rotatable bonds is 4. The third-order valence-corrected chi connectivity index (χ3v) is 4.49. The summed E-state index contributed by atoms with van der Waals surface area (Å²) in [5, 5.41) is 4.04. The summed E-state index contributed by atoms with van der Waals surface area (Å²) in [7, 11) is 0. The number of aryl methyl sites for hydroxylation is 3. The second-order valence-electron chi connectivity index (χ2n) is 6.32. The summed E-state index contributed by atoms with van der Waals surface area (Å²) >= 11 is 0. The molecular formula is C19H20N6O. The molecule has 4 aromatic rings. The second kappa shape index (κ2) is 6.25. The highest BCUT2D eigenvalue weighted by atomic mass is 16.5. The van der Waals surface area contributed by atoms with Gasteiger partial charge in [0, 0.05) is 18.2 Å². The molecule has 7 nitrogen and oxygen atoms in total. The largest absolute Gasteiger partial charge is 0.397 e. The highest BCUT2D eigenvalue weighted by Crippen LogP contribution is 2.32. The molecule has 0 radical (unpaired) electrons. The Kier molecular flexibility index (Phi) is 3.91. The first kappa shape index (κ1) is 16.3. The molecule has 3 heterocycles. The molecule has 7 heteroatoms. The molecule has 3 aromatic heterocycles. The smallest absolute Gasteiger partial charge is 0.141 e. The molecule has 0 spiro atoms. The van der Waals surface area contributed by atoms with Crippen LogP contribution in [0.3, 0.4) is 0 Å². The van der Waals surface area contributed by atoms with Gasteiger partial charge in [-0.05, 0) is 37.6 Å². The number of nitrogen functional groups attached to an aromatic ring is 1. The number of anilines is 1. The molecule has 0 saturated heterocycles. The van der Waals surface area contributed by atoms with E-state index < -0.39 is 0 Å². The maximum atomic E-state index is 6.26. The van der Waals surface area contributed by atoms with Crippen LogP contribution >= 0.6 is 0 Å². The van der Waals surface area contributed by atoms with E-state index in [9.17, 15) is 0 Å². The summed E-state index contributed by atoms with van der Waals surface area (Å²) < 4.78 is 7.36. The number of aromatic nitrogens is 5. The summed E-state index contributed by atoms with van der Waals surface area (Å²) in [6.07, 6.45) is 4.40. The molecule has 0 aliphatic heterocycles. The number of nitrogens with zero attached hydrogens (tertiary/aromatic N) is 5. The van der Waals surface area contributed by atoms with E-state index in [1.54, 1.807) is 12.5 Å². The number of nitrogens with two attached hydrogens (primary N) is 1. The van der Waals surface area contributed by atoms with Crippen LogP contribution in [-0.2, 0) is 13.0 Å². The van der Waals surface area contributed by atoms with Crippen LogP contribution in [0, 0.1) is 13.8 Å². The first-order valence-corrected chi connectivity index (χ1v) is 8.55. The number of hydrogen-bond acceptors (Lipinski definition) is 6. The van der Waals surface area contributed by atoms with Crippen molar-refractivity contribution in [3.8, 4) is 11.1 Å². The molecular weight excluding hydrogens is 328 g/mol. The van der Waals surface area contributed by atoms with Gasteiger partial charge in [0.1, 0.15) is 17.1 Å². The van der Waals surface area contributed by atoms with Gasteiger partial charge >= 0.3 is 0 Å². The molecule has 26 heavy (non-hydrogen) atoms. The van der Waals surface area contributed by atoms with Crippen molar-refractivity contribution in [2.45, 2.75) is 33.7 Å². The van der Waals surface area contributed by atoms with Crippen LogP contribution in [0.4, 0.5) is 5.69 Å². The van der Waals surface area contributed by atoms with Crippen LogP contribution in [0.25, 0.3) is 22.2 Å². The molecule has 0 atom stereocenters. The van der Waals surface area contributed by atoms with Gasteiger partial charge < -0.3 is 14.8 Å². The average molecular weight is 348 g/mol. The van der Waals surface area contributed by atoms with E-state index in [-0.39, 0.29) is 0 Å². The molecule has 132 valence electrons. The molecule has 0 saturated carbocycles. The van der Waals surface area contributed by atoms with Crippen LogP contribution in [-0.4, -0.2) is 24.7 Å². The summed E-state index contributed by atoms with van der Waals surface area (Å²) in [6, 6.07) is 5.92. The highest BCUT2D eigenvalue weighted by Gasteiger charge is 2.15. The van der Waals surface area contributed by atoms with E-state index in [0.29, 0.717) is 12.2 Å². The molecule has 0 amide bonds. The van der Waals surface area contributed by atoms with Gasteiger partial charge in [-0.2, -0.15) is 0 Å². The van der Waals surface area contributed by atoms with Gasteiger partial charge in [-0.3, -0.25) is 0 Å². The number of hydrogen-bond donors (Lipinski definition) is 1. The maximum Gasteiger partial charge on any atom is 0.141 e. The summed E-state index contributed by atoms with van der Waals surface area (Å²) in [5.74, 6) is 1.61. The Bertz CT molecular complexity index is 1080. The van der Waals surface area contributed by atoms with E-state index in [0.717, 1.165) is 51.6 Å². The van der Waals surface area contributed by atoms with Gasteiger partial charge in [-0.25, -0.2) is 15.0 Å². The van der Waals surface area contributed by atoms with Crippen molar-refractivity contribution in [1.82, 2.24) is 24.7 Å². The SMILES string of the molecule is CCc1nccc(Cn2cnc3c(N)cc(-c4c(C)noc4C)cc32)n1. The van der Waals surface area contributed by atoms with Gasteiger partial charge in [0.15, 0.2) is 0 Å². The van der Waals surface area contributed by atoms with Crippen molar-refractivity contribution in [3.05, 3.63) is 53.7 Å². The van der Waals surface area contributed by atoms with E-state index in [1.165, 1.54) is 0 Å². The van der Waals surface area contributed by atoms with Gasteiger partial charge in [0.05, 0.1) is 35.5 Å². The summed E-state index contributed by atoms with van der Waals surface area (Å²) in [6.45, 7) is 6.48. The molecule has 0 fully saturated rings. The van der Waals surface area contributed by atoms with Crippen molar-refractivity contribution in [2.75, 3.05) is 5.73 Å². The lowest BCUT2D eigenvalue weighted by Gasteiger charge is -2.08. The quantitative estimate of drug-likeness (QED) is 0.569. The zero-order valence-corrected chi connectivity index (χ0v) is 15.0. The number of imidazole rings is 1. The van der Waals surface area contributed by atoms with Crippen molar-refractivity contribution < 1.29 is 4.52 Å². The van der Waals surface area contributed by atoms with Gasteiger partial charge in [-0.15, -0.1) is 0 Å². The van der Waals surface area contributed by atoms with Crippen LogP contribution in [0.2, 0.25) is 0 Å². The fourth-order valence-electron chi connectivity index (χ4n) is 3.23. The Labute approximate surface area is 150 Å². The topological polar surface area (TPSA) is 95.7 Å². The van der Waals surface area contributed by atoms with E-state index in [1.807, 2.05) is 32.9 Å². The normalized spacial score (nSPS) is 11.3. The Hall–Kier alpha value is -3.22. The standard InChI is InChI=1S/C19H20N6O/c1-4-17-21-6-5-14(23-17)9-25-10-22-19-15(20)7-13(8-16(19)25)18-11(2)24-26-12(18)3/h5-8,10H,4,9,20H2,1-3H3. The van der Waals surface area contributed by atoms with E-state index in [2.05, 4.69) is 30.7 Å². The lowest BCUT2D eigenvalue weighted by Crippen LogP contribution is -2.03. The number of benzene rings is 1. The Morgan fingerprint density at radius 2 is 2.04 bits per heavy atom. The van der Waals surface area contributed by atoms with Crippen LogP contribution in [0.5, 0.6) is 0 Å². The van der Waals surface area contributed by atoms with Crippen molar-refractivity contribution in [2.24, 2.45) is 0 Å². The van der Waals surface area contributed by atoms with Crippen LogP contribution in [0.15, 0.2) is 35.2 Å². The Morgan fingerprint density at radius 3 is 2.77 bits per heavy atom. The van der Waals surface area contributed by atoms with E-state index >= 15 is 0 Å². The fraction of sp³-hybridized carbons (Fsp3) is 0.263. The van der Waals surface area contributed by atoms with Gasteiger partial charge in [0.25, 0.3) is 0 Å². The fourth-order valence-corrected chi connectivity index (χ4v) is 3.23. The predicted octanol–water partition coefficient (Wildman–Crippen LogP) is 3.29. The Morgan fingerprint density at radius 1 is 1.19 bits per heavy atom. The van der Waals surface area contributed by atoms with Crippen molar-refractivity contribution >= 4 is 16.7 Å². The molecule has 0 bridgehead atoms. The lowest BCUT2D eigenvalue weighted by molar-refractivity contribution is 0.393. The minimum Gasteiger partial charge on any atom is -0.397 e. The minimum atomic E-state index is 0.608. The Balaban J connectivity index is 1.81. The summed E-state index contributed by atoms with van der Waals surface area (Å²) in [4.78, 5) is 13.3. The summed E-state index contributed by atoms with van der Waals surface area (Å²) in [5.41, 5.74) is 12.4. The first-order valence-electron chi connectivity index (χ1n) is 8.55. The monoisotopic (exact) mass is 348 g/mol. The molecule has 2 N–H and O–H groups in total.